The number of nitrogens with zero attached hydrogens (tertiary/aromatic N) is 2. The Bertz CT molecular complexity index is 325. The highest BCUT2D eigenvalue weighted by atomic mass is 16.5. The maximum atomic E-state index is 8.56. The molecule has 0 N–H and O–H groups in total. The van der Waals surface area contributed by atoms with E-state index in [0.717, 1.165) is 19.4 Å². The molecule has 0 spiro atoms. The lowest BCUT2D eigenvalue weighted by atomic mass is 9.98. The monoisotopic (exact) mass is 248 g/mol. The van der Waals surface area contributed by atoms with Gasteiger partial charge in [0.15, 0.2) is 0 Å². The standard InChI is InChI=1S/C15H24N2O/c1-3-15(4-2,18-14-8-10-16)9-7-13-17-11-5-6-12-17/h3-6,8,11-14H2,1-2H3. The summed E-state index contributed by atoms with van der Waals surface area (Å²) >= 11 is 0. The zero-order chi connectivity index (χ0) is 13.3. The van der Waals surface area contributed by atoms with E-state index in [1.54, 1.807) is 0 Å². The summed E-state index contributed by atoms with van der Waals surface area (Å²) in [5, 5.41) is 8.56. The first-order valence-corrected chi connectivity index (χ1v) is 6.99. The Morgan fingerprint density at radius 3 is 2.44 bits per heavy atom. The lowest BCUT2D eigenvalue weighted by Gasteiger charge is -2.26. The predicted octanol–water partition coefficient (Wildman–Crippen LogP) is 2.57. The normalized spacial score (nSPS) is 16.1. The minimum absolute atomic E-state index is 0.351. The topological polar surface area (TPSA) is 36.3 Å². The van der Waals surface area contributed by atoms with Crippen LogP contribution < -0.4 is 0 Å². The largest absolute Gasteiger partial charge is 0.361 e. The summed E-state index contributed by atoms with van der Waals surface area (Å²) < 4.78 is 5.82. The van der Waals surface area contributed by atoms with Gasteiger partial charge in [0.2, 0.25) is 0 Å². The van der Waals surface area contributed by atoms with E-state index in [2.05, 4.69) is 36.7 Å². The van der Waals surface area contributed by atoms with Crippen molar-refractivity contribution in [3.63, 3.8) is 0 Å². The van der Waals surface area contributed by atoms with Crippen molar-refractivity contribution in [3.8, 4) is 17.9 Å². The van der Waals surface area contributed by atoms with Crippen molar-refractivity contribution in [2.45, 2.75) is 51.6 Å². The SMILES string of the molecule is CCC(C#CCN1CCCC1)(CC)OCCC#N. The molecule has 0 saturated carbocycles. The molecule has 1 rings (SSSR count). The first-order chi connectivity index (χ1) is 8.76. The molecule has 3 heteroatoms. The molecular formula is C15H24N2O. The molecule has 0 aliphatic carbocycles. The van der Waals surface area contributed by atoms with Crippen LogP contribution in [0.2, 0.25) is 0 Å². The van der Waals surface area contributed by atoms with E-state index in [9.17, 15) is 0 Å². The van der Waals surface area contributed by atoms with Crippen LogP contribution in [0.1, 0.15) is 46.0 Å². The number of nitriles is 1. The van der Waals surface area contributed by atoms with Gasteiger partial charge >= 0.3 is 0 Å². The Morgan fingerprint density at radius 1 is 1.22 bits per heavy atom. The van der Waals surface area contributed by atoms with E-state index in [1.807, 2.05) is 0 Å². The van der Waals surface area contributed by atoms with E-state index in [4.69, 9.17) is 10.00 Å². The second kappa shape index (κ2) is 8.14. The molecule has 0 aromatic rings. The van der Waals surface area contributed by atoms with Crippen LogP contribution >= 0.6 is 0 Å². The van der Waals surface area contributed by atoms with Crippen LogP contribution in [-0.2, 0) is 4.74 Å². The van der Waals surface area contributed by atoms with Crippen LogP contribution in [0.3, 0.4) is 0 Å². The summed E-state index contributed by atoms with van der Waals surface area (Å²) in [6.07, 6.45) is 4.79. The molecule has 0 atom stereocenters. The summed E-state index contributed by atoms with van der Waals surface area (Å²) in [7, 11) is 0. The van der Waals surface area contributed by atoms with Gasteiger partial charge in [-0.2, -0.15) is 5.26 Å². The molecule has 18 heavy (non-hydrogen) atoms. The molecule has 100 valence electrons. The van der Waals surface area contributed by atoms with Gasteiger partial charge in [-0.1, -0.05) is 25.7 Å². The Balaban J connectivity index is 2.49. The van der Waals surface area contributed by atoms with Crippen molar-refractivity contribution < 1.29 is 4.74 Å². The molecule has 3 nitrogen and oxygen atoms in total. The molecule has 1 fully saturated rings. The second-order valence-electron chi connectivity index (χ2n) is 4.74. The lowest BCUT2D eigenvalue weighted by molar-refractivity contribution is -0.00331. The minimum atomic E-state index is -0.351. The van der Waals surface area contributed by atoms with Crippen molar-refractivity contribution in [1.82, 2.24) is 4.90 Å². The first kappa shape index (κ1) is 15.0. The third kappa shape index (κ3) is 4.69. The zero-order valence-electron chi connectivity index (χ0n) is 11.7. The lowest BCUT2D eigenvalue weighted by Crippen LogP contribution is -2.30. The van der Waals surface area contributed by atoms with E-state index < -0.39 is 0 Å². The van der Waals surface area contributed by atoms with Crippen LogP contribution in [0.4, 0.5) is 0 Å². The van der Waals surface area contributed by atoms with Crippen molar-refractivity contribution in [3.05, 3.63) is 0 Å². The van der Waals surface area contributed by atoms with Gasteiger partial charge in [0, 0.05) is 0 Å². The molecule has 0 aromatic carbocycles. The molecule has 0 unspecified atom stereocenters. The van der Waals surface area contributed by atoms with Gasteiger partial charge in [-0.25, -0.2) is 0 Å². The van der Waals surface area contributed by atoms with E-state index in [1.165, 1.54) is 25.9 Å². The van der Waals surface area contributed by atoms with Crippen molar-refractivity contribution >= 4 is 0 Å². The number of ether oxygens (including phenoxy) is 1. The average molecular weight is 248 g/mol. The zero-order valence-corrected chi connectivity index (χ0v) is 11.7. The quantitative estimate of drug-likeness (QED) is 0.535. The van der Waals surface area contributed by atoms with E-state index in [0.29, 0.717) is 13.0 Å². The molecule has 1 heterocycles. The fourth-order valence-corrected chi connectivity index (χ4v) is 2.21. The van der Waals surface area contributed by atoms with Gasteiger partial charge in [-0.05, 0) is 38.8 Å². The third-order valence-electron chi connectivity index (χ3n) is 3.55. The number of rotatable bonds is 6. The molecule has 1 aliphatic heterocycles. The van der Waals surface area contributed by atoms with Crippen molar-refractivity contribution in [2.24, 2.45) is 0 Å². The highest BCUT2D eigenvalue weighted by molar-refractivity contribution is 5.15. The minimum Gasteiger partial charge on any atom is -0.361 e. The van der Waals surface area contributed by atoms with Gasteiger partial charge in [0.25, 0.3) is 0 Å². The summed E-state index contributed by atoms with van der Waals surface area (Å²) in [6, 6.07) is 2.11. The number of hydrogen-bond donors (Lipinski definition) is 0. The molecule has 1 saturated heterocycles. The van der Waals surface area contributed by atoms with E-state index in [-0.39, 0.29) is 5.60 Å². The molecule has 1 aliphatic rings. The van der Waals surface area contributed by atoms with Gasteiger partial charge < -0.3 is 4.74 Å². The Hall–Kier alpha value is -1.03. The van der Waals surface area contributed by atoms with Gasteiger partial charge in [0.05, 0.1) is 25.6 Å². The van der Waals surface area contributed by atoms with Crippen molar-refractivity contribution in [2.75, 3.05) is 26.2 Å². The molecule has 0 amide bonds. The molecule has 0 aromatic heterocycles. The van der Waals surface area contributed by atoms with E-state index >= 15 is 0 Å². The first-order valence-electron chi connectivity index (χ1n) is 6.99. The van der Waals surface area contributed by atoms with Crippen LogP contribution in [0.15, 0.2) is 0 Å². The van der Waals surface area contributed by atoms with Gasteiger partial charge in [-0.15, -0.1) is 0 Å². The summed E-state index contributed by atoms with van der Waals surface area (Å²) in [4.78, 5) is 2.39. The van der Waals surface area contributed by atoms with Crippen molar-refractivity contribution in [1.29, 1.82) is 5.26 Å². The molecule has 0 radical (unpaired) electrons. The predicted molar refractivity (Wildman–Crippen MR) is 72.9 cm³/mol. The highest BCUT2D eigenvalue weighted by Gasteiger charge is 2.24. The maximum absolute atomic E-state index is 8.56. The smallest absolute Gasteiger partial charge is 0.128 e. The average Bonchev–Trinajstić information content (AvgIpc) is 2.90. The number of hydrogen-bond acceptors (Lipinski definition) is 3. The molecule has 0 bridgehead atoms. The van der Waals surface area contributed by atoms with Crippen LogP contribution in [-0.4, -0.2) is 36.7 Å². The van der Waals surface area contributed by atoms with Crippen LogP contribution in [0, 0.1) is 23.2 Å². The van der Waals surface area contributed by atoms with Gasteiger partial charge in [0.1, 0.15) is 5.60 Å². The number of likely N-dealkylation sites (tertiary alicyclic amines) is 1. The summed E-state index contributed by atoms with van der Waals surface area (Å²) in [6.45, 7) is 7.88. The second-order valence-corrected chi connectivity index (χ2v) is 4.74. The molecular weight excluding hydrogens is 224 g/mol. The summed E-state index contributed by atoms with van der Waals surface area (Å²) in [5.74, 6) is 6.56. The Morgan fingerprint density at radius 2 is 1.89 bits per heavy atom. The fraction of sp³-hybridized carbons (Fsp3) is 0.800. The third-order valence-corrected chi connectivity index (χ3v) is 3.55. The Kier molecular flexibility index (Phi) is 6.80. The highest BCUT2D eigenvalue weighted by Crippen LogP contribution is 2.19. The maximum Gasteiger partial charge on any atom is 0.128 e. The van der Waals surface area contributed by atoms with Crippen LogP contribution in [0.25, 0.3) is 0 Å². The fourth-order valence-electron chi connectivity index (χ4n) is 2.21. The van der Waals surface area contributed by atoms with Crippen LogP contribution in [0.5, 0.6) is 0 Å². The Labute approximate surface area is 111 Å². The van der Waals surface area contributed by atoms with Gasteiger partial charge in [-0.3, -0.25) is 4.90 Å². The summed E-state index contributed by atoms with van der Waals surface area (Å²) in [5.41, 5.74) is -0.351.